The molecule has 0 aliphatic rings. The lowest BCUT2D eigenvalue weighted by Gasteiger charge is -2.29. The lowest BCUT2D eigenvalue weighted by molar-refractivity contribution is -0.148. The van der Waals surface area contributed by atoms with Crippen LogP contribution < -0.4 is 5.32 Å². The van der Waals surface area contributed by atoms with Crippen LogP contribution in [0.25, 0.3) is 0 Å². The monoisotopic (exact) mass is 295 g/mol. The van der Waals surface area contributed by atoms with Crippen molar-refractivity contribution < 1.29 is 13.9 Å². The molecule has 0 saturated heterocycles. The number of anilines is 1. The van der Waals surface area contributed by atoms with Gasteiger partial charge < -0.3 is 10.1 Å². The summed E-state index contributed by atoms with van der Waals surface area (Å²) in [6.07, 6.45) is 4.87. The first-order chi connectivity index (χ1) is 10.0. The van der Waals surface area contributed by atoms with E-state index in [9.17, 15) is 9.18 Å². The Kier molecular flexibility index (Phi) is 7.20. The maximum absolute atomic E-state index is 13.8. The van der Waals surface area contributed by atoms with Crippen LogP contribution in [0.15, 0.2) is 24.3 Å². The summed E-state index contributed by atoms with van der Waals surface area (Å²) in [6, 6.07) is 6.39. The predicted octanol–water partition coefficient (Wildman–Crippen LogP) is 4.53. The number of hydrogen-bond acceptors (Lipinski definition) is 3. The molecule has 0 heterocycles. The molecule has 3 nitrogen and oxygen atoms in total. The van der Waals surface area contributed by atoms with E-state index < -0.39 is 5.54 Å². The highest BCUT2D eigenvalue weighted by Gasteiger charge is 2.34. The molecule has 0 bridgehead atoms. The number of esters is 1. The minimum absolute atomic E-state index is 0.322. The van der Waals surface area contributed by atoms with Gasteiger partial charge in [0.25, 0.3) is 0 Å². The molecule has 118 valence electrons. The van der Waals surface area contributed by atoms with E-state index in [2.05, 4.69) is 12.2 Å². The number of hydrogen-bond donors (Lipinski definition) is 1. The Hall–Kier alpha value is -1.58. The average Bonchev–Trinajstić information content (AvgIpc) is 2.46. The van der Waals surface area contributed by atoms with E-state index >= 15 is 0 Å². The second-order valence-electron chi connectivity index (χ2n) is 5.47. The molecule has 1 rings (SSSR count). The van der Waals surface area contributed by atoms with Gasteiger partial charge in [-0.05, 0) is 32.4 Å². The Morgan fingerprint density at radius 3 is 2.57 bits per heavy atom. The van der Waals surface area contributed by atoms with E-state index in [1.165, 1.54) is 6.07 Å². The molecule has 4 heteroatoms. The summed E-state index contributed by atoms with van der Waals surface area (Å²) < 4.78 is 18.9. The predicted molar refractivity (Wildman–Crippen MR) is 83.8 cm³/mol. The van der Waals surface area contributed by atoms with Crippen molar-refractivity contribution in [2.24, 2.45) is 0 Å². The quantitative estimate of drug-likeness (QED) is 0.537. The summed E-state index contributed by atoms with van der Waals surface area (Å²) in [5.74, 6) is -0.689. The molecule has 0 saturated carbocycles. The Morgan fingerprint density at radius 2 is 1.95 bits per heavy atom. The summed E-state index contributed by atoms with van der Waals surface area (Å²) >= 11 is 0. The average molecular weight is 295 g/mol. The van der Waals surface area contributed by atoms with Gasteiger partial charge in [0.15, 0.2) is 0 Å². The summed E-state index contributed by atoms with van der Waals surface area (Å²) in [5.41, 5.74) is -0.560. The fourth-order valence-corrected chi connectivity index (χ4v) is 2.27. The van der Waals surface area contributed by atoms with Gasteiger partial charge in [0, 0.05) is 0 Å². The number of ether oxygens (including phenoxy) is 1. The summed E-state index contributed by atoms with van der Waals surface area (Å²) in [7, 11) is 0. The zero-order chi connectivity index (χ0) is 15.7. The molecule has 1 unspecified atom stereocenters. The third-order valence-corrected chi connectivity index (χ3v) is 3.54. The van der Waals surface area contributed by atoms with E-state index in [-0.39, 0.29) is 11.8 Å². The topological polar surface area (TPSA) is 38.3 Å². The van der Waals surface area contributed by atoms with E-state index in [1.807, 2.05) is 0 Å². The van der Waals surface area contributed by atoms with Gasteiger partial charge in [0.2, 0.25) is 0 Å². The fourth-order valence-electron chi connectivity index (χ4n) is 2.27. The van der Waals surface area contributed by atoms with E-state index in [0.29, 0.717) is 18.7 Å². The minimum Gasteiger partial charge on any atom is -0.464 e. The highest BCUT2D eigenvalue weighted by molar-refractivity contribution is 5.84. The van der Waals surface area contributed by atoms with Crippen molar-refractivity contribution in [2.45, 2.75) is 58.4 Å². The number of para-hydroxylation sites is 1. The highest BCUT2D eigenvalue weighted by Crippen LogP contribution is 2.25. The molecule has 1 aromatic carbocycles. The lowest BCUT2D eigenvalue weighted by atomic mass is 9.93. The van der Waals surface area contributed by atoms with Gasteiger partial charge in [-0.3, -0.25) is 0 Å². The van der Waals surface area contributed by atoms with Crippen LogP contribution in [-0.4, -0.2) is 18.1 Å². The molecule has 0 aliphatic carbocycles. The van der Waals surface area contributed by atoms with Crippen LogP contribution in [0.4, 0.5) is 10.1 Å². The first-order valence-corrected chi connectivity index (χ1v) is 7.73. The summed E-state index contributed by atoms with van der Waals surface area (Å²) in [5, 5.41) is 3.04. The Bertz CT molecular complexity index is 450. The zero-order valence-corrected chi connectivity index (χ0v) is 13.2. The van der Waals surface area contributed by atoms with Crippen LogP contribution in [0.5, 0.6) is 0 Å². The van der Waals surface area contributed by atoms with E-state index in [4.69, 9.17) is 4.74 Å². The minimum atomic E-state index is -0.897. The molecule has 1 atom stereocenters. The third kappa shape index (κ3) is 5.37. The molecule has 0 spiro atoms. The SMILES string of the molecule is CCCCCCC(C)(Nc1ccccc1F)C(=O)OCC. The number of benzene rings is 1. The largest absolute Gasteiger partial charge is 0.464 e. The van der Waals surface area contributed by atoms with Gasteiger partial charge in [-0.1, -0.05) is 44.7 Å². The van der Waals surface area contributed by atoms with Crippen LogP contribution in [0.3, 0.4) is 0 Å². The van der Waals surface area contributed by atoms with Gasteiger partial charge >= 0.3 is 5.97 Å². The summed E-state index contributed by atoms with van der Waals surface area (Å²) in [4.78, 5) is 12.2. The molecule has 0 fully saturated rings. The Balaban J connectivity index is 2.80. The van der Waals surface area contributed by atoms with Crippen molar-refractivity contribution in [3.63, 3.8) is 0 Å². The summed E-state index contributed by atoms with van der Waals surface area (Å²) in [6.45, 7) is 6.02. The molecule has 0 amide bonds. The second kappa shape index (κ2) is 8.65. The van der Waals surface area contributed by atoms with Crippen molar-refractivity contribution in [1.82, 2.24) is 0 Å². The van der Waals surface area contributed by atoms with Gasteiger partial charge in [0.1, 0.15) is 11.4 Å². The van der Waals surface area contributed by atoms with Crippen molar-refractivity contribution in [3.05, 3.63) is 30.1 Å². The molecule has 1 N–H and O–H groups in total. The number of halogens is 1. The van der Waals surface area contributed by atoms with Crippen LogP contribution in [-0.2, 0) is 9.53 Å². The standard InChI is InChI=1S/C17H26FNO2/c1-4-6-7-10-13-17(3,16(20)21-5-2)19-15-12-9-8-11-14(15)18/h8-9,11-12,19H,4-7,10,13H2,1-3H3. The number of unbranched alkanes of at least 4 members (excludes halogenated alkanes) is 3. The van der Waals surface area contributed by atoms with E-state index in [1.54, 1.807) is 32.0 Å². The maximum atomic E-state index is 13.8. The molecule has 0 radical (unpaired) electrons. The fraction of sp³-hybridized carbons (Fsp3) is 0.588. The molecule has 21 heavy (non-hydrogen) atoms. The number of carbonyl (C=O) groups excluding carboxylic acids is 1. The van der Waals surface area contributed by atoms with Gasteiger partial charge in [-0.2, -0.15) is 0 Å². The van der Waals surface area contributed by atoms with Crippen molar-refractivity contribution in [2.75, 3.05) is 11.9 Å². The smallest absolute Gasteiger partial charge is 0.331 e. The third-order valence-electron chi connectivity index (χ3n) is 3.54. The van der Waals surface area contributed by atoms with Crippen LogP contribution in [0, 0.1) is 5.82 Å². The molecule has 0 aliphatic heterocycles. The molecule has 1 aromatic rings. The van der Waals surface area contributed by atoms with Crippen LogP contribution >= 0.6 is 0 Å². The highest BCUT2D eigenvalue weighted by atomic mass is 19.1. The number of carbonyl (C=O) groups is 1. The van der Waals surface area contributed by atoms with Crippen LogP contribution in [0.2, 0.25) is 0 Å². The van der Waals surface area contributed by atoms with E-state index in [0.717, 1.165) is 25.7 Å². The van der Waals surface area contributed by atoms with Gasteiger partial charge in [-0.15, -0.1) is 0 Å². The van der Waals surface area contributed by atoms with Gasteiger partial charge in [0.05, 0.1) is 12.3 Å². The van der Waals surface area contributed by atoms with Crippen LogP contribution in [0.1, 0.15) is 52.9 Å². The number of nitrogens with one attached hydrogen (secondary N) is 1. The van der Waals surface area contributed by atoms with Crippen molar-refractivity contribution >= 4 is 11.7 Å². The molecular formula is C17H26FNO2. The molecular weight excluding hydrogens is 269 g/mol. The first-order valence-electron chi connectivity index (χ1n) is 7.73. The van der Waals surface area contributed by atoms with Gasteiger partial charge in [-0.25, -0.2) is 9.18 Å². The second-order valence-corrected chi connectivity index (χ2v) is 5.47. The lowest BCUT2D eigenvalue weighted by Crippen LogP contribution is -2.45. The number of rotatable bonds is 9. The van der Waals surface area contributed by atoms with Crippen molar-refractivity contribution in [1.29, 1.82) is 0 Å². The first kappa shape index (κ1) is 17.5. The maximum Gasteiger partial charge on any atom is 0.331 e. The molecule has 0 aromatic heterocycles. The zero-order valence-electron chi connectivity index (χ0n) is 13.2. The Morgan fingerprint density at radius 1 is 1.24 bits per heavy atom. The van der Waals surface area contributed by atoms with Crippen molar-refractivity contribution in [3.8, 4) is 0 Å². The Labute approximate surface area is 126 Å². The normalized spacial score (nSPS) is 13.5.